The smallest absolute Gasteiger partial charge is 0.110 e. The highest BCUT2D eigenvalue weighted by molar-refractivity contribution is 5.03. The second kappa shape index (κ2) is 1.74. The van der Waals surface area contributed by atoms with Crippen molar-refractivity contribution in [3.8, 4) is 0 Å². The van der Waals surface area contributed by atoms with Gasteiger partial charge in [0.05, 0.1) is 12.2 Å². The number of rotatable bonds is 0. The number of fused-ring (bicyclic) bond motifs is 1. The van der Waals surface area contributed by atoms with Crippen LogP contribution >= 0.6 is 0 Å². The monoisotopic (exact) mass is 142 g/mol. The van der Waals surface area contributed by atoms with Gasteiger partial charge in [-0.2, -0.15) is 0 Å². The van der Waals surface area contributed by atoms with E-state index in [1.54, 1.807) is 0 Å². The lowest BCUT2D eigenvalue weighted by atomic mass is 9.76. The van der Waals surface area contributed by atoms with Crippen LogP contribution in [0.15, 0.2) is 0 Å². The molecule has 2 aliphatic rings. The second-order valence-electron chi connectivity index (χ2n) is 4.12. The van der Waals surface area contributed by atoms with Crippen molar-refractivity contribution in [2.45, 2.75) is 45.0 Å². The third kappa shape index (κ3) is 0.789. The third-order valence-corrected chi connectivity index (χ3v) is 2.76. The normalized spacial score (nSPS) is 50.1. The number of hydrogen-bond acceptors (Lipinski definition) is 2. The summed E-state index contributed by atoms with van der Waals surface area (Å²) in [4.78, 5) is 0. The molecule has 0 aromatic carbocycles. The lowest BCUT2D eigenvalue weighted by Gasteiger charge is -2.27. The molecule has 1 saturated carbocycles. The van der Waals surface area contributed by atoms with Crippen molar-refractivity contribution in [2.75, 3.05) is 0 Å². The van der Waals surface area contributed by atoms with Gasteiger partial charge < -0.3 is 9.84 Å². The Kier molecular flexibility index (Phi) is 1.15. The Bertz CT molecular complexity index is 153. The Hall–Kier alpha value is -0.0800. The van der Waals surface area contributed by atoms with Crippen LogP contribution in [-0.4, -0.2) is 23.4 Å². The molecule has 1 heterocycles. The van der Waals surface area contributed by atoms with E-state index in [2.05, 4.69) is 13.8 Å². The van der Waals surface area contributed by atoms with Crippen molar-refractivity contribution in [1.29, 1.82) is 0 Å². The molecule has 0 radical (unpaired) electrons. The molecule has 1 aliphatic heterocycles. The summed E-state index contributed by atoms with van der Waals surface area (Å²) in [6, 6.07) is 0. The number of epoxide rings is 1. The van der Waals surface area contributed by atoms with Crippen molar-refractivity contribution in [3.05, 3.63) is 0 Å². The van der Waals surface area contributed by atoms with E-state index in [1.807, 2.05) is 0 Å². The maximum absolute atomic E-state index is 9.33. The van der Waals surface area contributed by atoms with Crippen molar-refractivity contribution in [2.24, 2.45) is 5.41 Å². The van der Waals surface area contributed by atoms with E-state index in [0.29, 0.717) is 11.5 Å². The van der Waals surface area contributed by atoms with Crippen LogP contribution in [0.1, 0.15) is 26.7 Å². The first kappa shape index (κ1) is 6.62. The van der Waals surface area contributed by atoms with Crippen LogP contribution in [0.3, 0.4) is 0 Å². The highest BCUT2D eigenvalue weighted by Gasteiger charge is 2.56. The Morgan fingerprint density at radius 3 is 2.80 bits per heavy atom. The number of hydrogen-bond donors (Lipinski definition) is 1. The van der Waals surface area contributed by atoms with Crippen LogP contribution in [0.25, 0.3) is 0 Å². The van der Waals surface area contributed by atoms with Gasteiger partial charge in [-0.15, -0.1) is 0 Å². The van der Waals surface area contributed by atoms with E-state index in [9.17, 15) is 5.11 Å². The van der Waals surface area contributed by atoms with Crippen LogP contribution in [0.4, 0.5) is 0 Å². The average Bonchev–Trinajstić information content (AvgIpc) is 2.58. The van der Waals surface area contributed by atoms with E-state index in [0.717, 1.165) is 12.8 Å². The standard InChI is InChI=1S/C8H14O2/c1-8(2)4-3-5(9)6-7(8)10-6/h5-7,9H,3-4H2,1-2H3. The first-order valence-electron chi connectivity index (χ1n) is 3.95. The fourth-order valence-corrected chi connectivity index (χ4v) is 1.87. The first-order valence-corrected chi connectivity index (χ1v) is 3.95. The van der Waals surface area contributed by atoms with Gasteiger partial charge in [0.2, 0.25) is 0 Å². The van der Waals surface area contributed by atoms with Gasteiger partial charge in [-0.05, 0) is 18.3 Å². The van der Waals surface area contributed by atoms with Crippen LogP contribution in [0.2, 0.25) is 0 Å². The van der Waals surface area contributed by atoms with Gasteiger partial charge in [-0.25, -0.2) is 0 Å². The van der Waals surface area contributed by atoms with Gasteiger partial charge in [-0.3, -0.25) is 0 Å². The lowest BCUT2D eigenvalue weighted by Crippen LogP contribution is -2.33. The summed E-state index contributed by atoms with van der Waals surface area (Å²) >= 11 is 0. The predicted octanol–water partition coefficient (Wildman–Crippen LogP) is 0.935. The van der Waals surface area contributed by atoms with Gasteiger partial charge in [0.1, 0.15) is 6.10 Å². The number of aliphatic hydroxyl groups is 1. The van der Waals surface area contributed by atoms with Crippen molar-refractivity contribution < 1.29 is 9.84 Å². The molecule has 1 aliphatic carbocycles. The molecule has 0 amide bonds. The first-order chi connectivity index (χ1) is 4.61. The molecule has 0 spiro atoms. The minimum Gasteiger partial charge on any atom is -0.390 e. The van der Waals surface area contributed by atoms with Crippen LogP contribution in [-0.2, 0) is 4.74 Å². The molecule has 2 heteroatoms. The van der Waals surface area contributed by atoms with Crippen LogP contribution in [0.5, 0.6) is 0 Å². The second-order valence-corrected chi connectivity index (χ2v) is 4.12. The Balaban J connectivity index is 2.09. The SMILES string of the molecule is CC1(C)CCC(O)C2OC21. The molecule has 2 fully saturated rings. The lowest BCUT2D eigenvalue weighted by molar-refractivity contribution is 0.105. The summed E-state index contributed by atoms with van der Waals surface area (Å²) in [7, 11) is 0. The fourth-order valence-electron chi connectivity index (χ4n) is 1.87. The Morgan fingerprint density at radius 1 is 1.50 bits per heavy atom. The van der Waals surface area contributed by atoms with Crippen molar-refractivity contribution in [3.63, 3.8) is 0 Å². The van der Waals surface area contributed by atoms with E-state index in [-0.39, 0.29) is 12.2 Å². The molecule has 2 nitrogen and oxygen atoms in total. The summed E-state index contributed by atoms with van der Waals surface area (Å²) in [6.07, 6.45) is 2.33. The Morgan fingerprint density at radius 2 is 2.20 bits per heavy atom. The summed E-state index contributed by atoms with van der Waals surface area (Å²) < 4.78 is 5.36. The average molecular weight is 142 g/mol. The van der Waals surface area contributed by atoms with Gasteiger partial charge in [-0.1, -0.05) is 13.8 Å². The molecule has 0 aromatic heterocycles. The van der Waals surface area contributed by atoms with Gasteiger partial charge in [0, 0.05) is 0 Å². The van der Waals surface area contributed by atoms with Gasteiger partial charge in [0.15, 0.2) is 0 Å². The molecule has 3 atom stereocenters. The minimum atomic E-state index is -0.182. The minimum absolute atomic E-state index is 0.170. The van der Waals surface area contributed by atoms with E-state index < -0.39 is 0 Å². The molecule has 2 rings (SSSR count). The van der Waals surface area contributed by atoms with Crippen LogP contribution < -0.4 is 0 Å². The van der Waals surface area contributed by atoms with E-state index in [4.69, 9.17) is 4.74 Å². The zero-order valence-corrected chi connectivity index (χ0v) is 6.50. The summed E-state index contributed by atoms with van der Waals surface area (Å²) in [5.74, 6) is 0. The molecule has 58 valence electrons. The fraction of sp³-hybridized carbons (Fsp3) is 1.00. The molecule has 1 saturated heterocycles. The third-order valence-electron chi connectivity index (χ3n) is 2.76. The molecular weight excluding hydrogens is 128 g/mol. The molecule has 0 aromatic rings. The quantitative estimate of drug-likeness (QED) is 0.510. The molecule has 1 N–H and O–H groups in total. The van der Waals surface area contributed by atoms with E-state index in [1.165, 1.54) is 0 Å². The zero-order chi connectivity index (χ0) is 7.35. The van der Waals surface area contributed by atoms with Crippen LogP contribution in [0, 0.1) is 5.41 Å². The van der Waals surface area contributed by atoms with Gasteiger partial charge in [0.25, 0.3) is 0 Å². The molecule has 10 heavy (non-hydrogen) atoms. The highest BCUT2D eigenvalue weighted by atomic mass is 16.6. The zero-order valence-electron chi connectivity index (χ0n) is 6.50. The maximum Gasteiger partial charge on any atom is 0.110 e. The molecule has 0 bridgehead atoms. The summed E-state index contributed by atoms with van der Waals surface area (Å²) in [6.45, 7) is 4.42. The van der Waals surface area contributed by atoms with Crippen molar-refractivity contribution in [1.82, 2.24) is 0 Å². The number of aliphatic hydroxyl groups excluding tert-OH is 1. The summed E-state index contributed by atoms with van der Waals surface area (Å²) in [5, 5.41) is 9.33. The highest BCUT2D eigenvalue weighted by Crippen LogP contribution is 2.48. The van der Waals surface area contributed by atoms with Gasteiger partial charge >= 0.3 is 0 Å². The summed E-state index contributed by atoms with van der Waals surface area (Å²) in [5.41, 5.74) is 0.309. The van der Waals surface area contributed by atoms with E-state index >= 15 is 0 Å². The maximum atomic E-state index is 9.33. The number of ether oxygens (including phenoxy) is 1. The molecule has 3 unspecified atom stereocenters. The molecular formula is C8H14O2. The topological polar surface area (TPSA) is 32.8 Å². The largest absolute Gasteiger partial charge is 0.390 e. The predicted molar refractivity (Wildman–Crippen MR) is 37.7 cm³/mol. The Labute approximate surface area is 61.2 Å². The van der Waals surface area contributed by atoms with Crippen molar-refractivity contribution >= 4 is 0 Å².